The summed E-state index contributed by atoms with van der Waals surface area (Å²) in [6.45, 7) is 0. The Morgan fingerprint density at radius 3 is 2.67 bits per heavy atom. The van der Waals surface area contributed by atoms with Gasteiger partial charge in [0.1, 0.15) is 5.75 Å². The Labute approximate surface area is 114 Å². The quantitative estimate of drug-likeness (QED) is 0.807. The minimum atomic E-state index is -0.248. The van der Waals surface area contributed by atoms with Crippen LogP contribution in [0.3, 0.4) is 0 Å². The number of hydrogen-bond acceptors (Lipinski definition) is 3. The lowest BCUT2D eigenvalue weighted by molar-refractivity contribution is 0.103. The Kier molecular flexibility index (Phi) is 3.84. The number of hydrogen-bond donors (Lipinski definition) is 0. The molecule has 0 saturated heterocycles. The number of rotatable bonds is 3. The van der Waals surface area contributed by atoms with E-state index in [-0.39, 0.29) is 5.78 Å². The van der Waals surface area contributed by atoms with E-state index in [0.29, 0.717) is 26.9 Å². The van der Waals surface area contributed by atoms with E-state index in [1.54, 1.807) is 24.3 Å². The third kappa shape index (κ3) is 2.47. The maximum absolute atomic E-state index is 12.3. The molecule has 0 fully saturated rings. The van der Waals surface area contributed by atoms with Gasteiger partial charge in [-0.15, -0.1) is 0 Å². The van der Waals surface area contributed by atoms with Gasteiger partial charge in [-0.1, -0.05) is 23.2 Å². The summed E-state index contributed by atoms with van der Waals surface area (Å²) in [5.74, 6) is 0.207. The van der Waals surface area contributed by atoms with Gasteiger partial charge >= 0.3 is 0 Å². The molecule has 1 heterocycles. The van der Waals surface area contributed by atoms with Crippen LogP contribution in [0, 0.1) is 0 Å². The van der Waals surface area contributed by atoms with Crippen molar-refractivity contribution in [2.45, 2.75) is 0 Å². The van der Waals surface area contributed by atoms with Gasteiger partial charge in [0, 0.05) is 23.0 Å². The SMILES string of the molecule is COc1ccc(Cl)cc1C(=O)c1ccncc1Cl. The Morgan fingerprint density at radius 1 is 1.22 bits per heavy atom. The number of carbonyl (C=O) groups is 1. The Balaban J connectivity index is 2.52. The second kappa shape index (κ2) is 5.38. The van der Waals surface area contributed by atoms with E-state index in [0.717, 1.165) is 0 Å². The smallest absolute Gasteiger partial charge is 0.198 e. The standard InChI is InChI=1S/C13H9Cl2NO2/c1-18-12-3-2-8(14)6-10(12)13(17)9-4-5-16-7-11(9)15/h2-7H,1H3. The van der Waals surface area contributed by atoms with E-state index in [1.807, 2.05) is 0 Å². The van der Waals surface area contributed by atoms with Crippen molar-refractivity contribution in [3.63, 3.8) is 0 Å². The average Bonchev–Trinajstić information content (AvgIpc) is 2.38. The summed E-state index contributed by atoms with van der Waals surface area (Å²) in [6.07, 6.45) is 2.93. The van der Waals surface area contributed by atoms with E-state index in [4.69, 9.17) is 27.9 Å². The Morgan fingerprint density at radius 2 is 2.00 bits per heavy atom. The van der Waals surface area contributed by atoms with Crippen molar-refractivity contribution < 1.29 is 9.53 Å². The molecule has 0 aliphatic carbocycles. The lowest BCUT2D eigenvalue weighted by Gasteiger charge is -2.08. The minimum Gasteiger partial charge on any atom is -0.496 e. The van der Waals surface area contributed by atoms with Crippen molar-refractivity contribution in [1.82, 2.24) is 4.98 Å². The zero-order valence-corrected chi connectivity index (χ0v) is 11.0. The number of aromatic nitrogens is 1. The van der Waals surface area contributed by atoms with Gasteiger partial charge in [0.25, 0.3) is 0 Å². The number of pyridine rings is 1. The summed E-state index contributed by atoms with van der Waals surface area (Å²) in [6, 6.07) is 6.42. The number of benzene rings is 1. The zero-order chi connectivity index (χ0) is 13.1. The molecule has 0 atom stereocenters. The van der Waals surface area contributed by atoms with E-state index in [1.165, 1.54) is 19.5 Å². The highest BCUT2D eigenvalue weighted by molar-refractivity contribution is 6.35. The van der Waals surface area contributed by atoms with Crippen molar-refractivity contribution in [1.29, 1.82) is 0 Å². The molecule has 18 heavy (non-hydrogen) atoms. The van der Waals surface area contributed by atoms with E-state index < -0.39 is 0 Å². The van der Waals surface area contributed by atoms with Crippen molar-refractivity contribution in [3.8, 4) is 5.75 Å². The molecule has 1 aromatic heterocycles. The monoisotopic (exact) mass is 281 g/mol. The van der Waals surface area contributed by atoms with Crippen molar-refractivity contribution >= 4 is 29.0 Å². The van der Waals surface area contributed by atoms with Crippen LogP contribution in [0.15, 0.2) is 36.7 Å². The maximum Gasteiger partial charge on any atom is 0.198 e. The van der Waals surface area contributed by atoms with Crippen LogP contribution in [0.2, 0.25) is 10.0 Å². The largest absolute Gasteiger partial charge is 0.496 e. The van der Waals surface area contributed by atoms with Gasteiger partial charge in [0.2, 0.25) is 0 Å². The van der Waals surface area contributed by atoms with Crippen LogP contribution in [-0.4, -0.2) is 17.9 Å². The second-order valence-corrected chi connectivity index (χ2v) is 4.37. The lowest BCUT2D eigenvalue weighted by Crippen LogP contribution is -2.05. The highest BCUT2D eigenvalue weighted by Gasteiger charge is 2.17. The minimum absolute atomic E-state index is 0.248. The third-order valence-electron chi connectivity index (χ3n) is 2.42. The topological polar surface area (TPSA) is 39.2 Å². The normalized spacial score (nSPS) is 10.2. The maximum atomic E-state index is 12.3. The van der Waals surface area contributed by atoms with Crippen molar-refractivity contribution in [2.75, 3.05) is 7.11 Å². The van der Waals surface area contributed by atoms with Gasteiger partial charge in [0.05, 0.1) is 17.7 Å². The second-order valence-electron chi connectivity index (χ2n) is 3.53. The van der Waals surface area contributed by atoms with E-state index >= 15 is 0 Å². The molecule has 0 aliphatic rings. The number of halogens is 2. The molecule has 0 saturated carbocycles. The molecule has 2 rings (SSSR count). The fraction of sp³-hybridized carbons (Fsp3) is 0.0769. The molecule has 0 bridgehead atoms. The third-order valence-corrected chi connectivity index (χ3v) is 2.96. The summed E-state index contributed by atoms with van der Waals surface area (Å²) >= 11 is 11.8. The fourth-order valence-corrected chi connectivity index (χ4v) is 1.94. The van der Waals surface area contributed by atoms with Crippen molar-refractivity contribution in [3.05, 3.63) is 57.8 Å². The summed E-state index contributed by atoms with van der Waals surface area (Å²) in [4.78, 5) is 16.2. The van der Waals surface area contributed by atoms with Gasteiger partial charge in [0.15, 0.2) is 5.78 Å². The zero-order valence-electron chi connectivity index (χ0n) is 9.48. The molecule has 5 heteroatoms. The molecule has 92 valence electrons. The number of methoxy groups -OCH3 is 1. The van der Waals surface area contributed by atoms with Gasteiger partial charge < -0.3 is 4.74 Å². The first-order valence-electron chi connectivity index (χ1n) is 5.11. The summed E-state index contributed by atoms with van der Waals surface area (Å²) in [5.41, 5.74) is 0.741. The van der Waals surface area contributed by atoms with Crippen molar-refractivity contribution in [2.24, 2.45) is 0 Å². The number of ketones is 1. The van der Waals surface area contributed by atoms with Crippen LogP contribution in [0.5, 0.6) is 5.75 Å². The van der Waals surface area contributed by atoms with Gasteiger partial charge in [-0.2, -0.15) is 0 Å². The van der Waals surface area contributed by atoms with Crippen LogP contribution in [0.25, 0.3) is 0 Å². The van der Waals surface area contributed by atoms with Gasteiger partial charge in [-0.05, 0) is 24.3 Å². The Bertz CT molecular complexity index is 599. The first-order valence-corrected chi connectivity index (χ1v) is 5.87. The number of nitrogens with zero attached hydrogens (tertiary/aromatic N) is 1. The molecule has 0 radical (unpaired) electrons. The Hall–Kier alpha value is -1.58. The molecular weight excluding hydrogens is 273 g/mol. The molecule has 0 unspecified atom stereocenters. The molecule has 1 aromatic carbocycles. The van der Waals surface area contributed by atoms with Crippen LogP contribution >= 0.6 is 23.2 Å². The van der Waals surface area contributed by atoms with Gasteiger partial charge in [-0.25, -0.2) is 0 Å². The average molecular weight is 282 g/mol. The van der Waals surface area contributed by atoms with Crippen LogP contribution in [0.1, 0.15) is 15.9 Å². The fourth-order valence-electron chi connectivity index (χ4n) is 1.56. The summed E-state index contributed by atoms with van der Waals surface area (Å²) in [5, 5.41) is 0.758. The van der Waals surface area contributed by atoms with E-state index in [9.17, 15) is 4.79 Å². The van der Waals surface area contributed by atoms with Crippen LogP contribution in [0.4, 0.5) is 0 Å². The van der Waals surface area contributed by atoms with E-state index in [2.05, 4.69) is 4.98 Å². The molecule has 2 aromatic rings. The predicted molar refractivity (Wildman–Crippen MR) is 70.7 cm³/mol. The highest BCUT2D eigenvalue weighted by atomic mass is 35.5. The summed E-state index contributed by atoms with van der Waals surface area (Å²) in [7, 11) is 1.49. The first kappa shape index (κ1) is 12.9. The predicted octanol–water partition coefficient (Wildman–Crippen LogP) is 3.63. The van der Waals surface area contributed by atoms with Crippen LogP contribution < -0.4 is 4.74 Å². The molecule has 0 aliphatic heterocycles. The first-order chi connectivity index (χ1) is 8.63. The highest BCUT2D eigenvalue weighted by Crippen LogP contribution is 2.27. The lowest BCUT2D eigenvalue weighted by atomic mass is 10.0. The number of carbonyl (C=O) groups excluding carboxylic acids is 1. The molecule has 3 nitrogen and oxygen atoms in total. The molecule has 0 spiro atoms. The molecule has 0 N–H and O–H groups in total. The summed E-state index contributed by atoms with van der Waals surface area (Å²) < 4.78 is 5.14. The molecular formula is C13H9Cl2NO2. The number of ether oxygens (including phenoxy) is 1. The van der Waals surface area contributed by atoms with Gasteiger partial charge in [-0.3, -0.25) is 9.78 Å². The van der Waals surface area contributed by atoms with Crippen LogP contribution in [-0.2, 0) is 0 Å². The molecule has 0 amide bonds.